The van der Waals surface area contributed by atoms with Crippen LogP contribution in [0.1, 0.15) is 30.5 Å². The van der Waals surface area contributed by atoms with Crippen LogP contribution in [0, 0.1) is 12.3 Å². The van der Waals surface area contributed by atoms with Crippen LogP contribution in [0.4, 0.5) is 0 Å². The Balaban J connectivity index is 2.38. The van der Waals surface area contributed by atoms with Gasteiger partial charge < -0.3 is 4.74 Å². The van der Waals surface area contributed by atoms with Gasteiger partial charge in [0.15, 0.2) is 5.60 Å². The van der Waals surface area contributed by atoms with Crippen molar-refractivity contribution in [2.45, 2.75) is 26.0 Å². The highest BCUT2D eigenvalue weighted by Gasteiger charge is 2.32. The second-order valence-electron chi connectivity index (χ2n) is 5.40. The Morgan fingerprint density at radius 1 is 1.17 bits per heavy atom. The van der Waals surface area contributed by atoms with Crippen molar-refractivity contribution in [3.8, 4) is 12.3 Å². The molecule has 0 aromatic heterocycles. The van der Waals surface area contributed by atoms with Crippen LogP contribution < -0.4 is 0 Å². The number of amides is 1. The minimum atomic E-state index is -0.964. The lowest BCUT2D eigenvalue weighted by molar-refractivity contribution is -0.165. The molecule has 0 bridgehead atoms. The number of rotatable bonds is 6. The number of carbonyl (C=O) groups excluding carboxylic acids is 1. The Kier molecular flexibility index (Phi) is 5.75. The van der Waals surface area contributed by atoms with E-state index in [1.54, 1.807) is 0 Å². The fraction of sp³-hybridized carbons (Fsp3) is 0.250. The zero-order valence-electron chi connectivity index (χ0n) is 13.9. The molecule has 0 aliphatic rings. The molecule has 0 radical (unpaired) electrons. The summed E-state index contributed by atoms with van der Waals surface area (Å²) in [5, 5.41) is 10.2. The normalized spacial score (nSPS) is 12.9. The van der Waals surface area contributed by atoms with Crippen molar-refractivity contribution in [3.05, 3.63) is 71.3 Å². The molecule has 24 heavy (non-hydrogen) atoms. The van der Waals surface area contributed by atoms with E-state index in [0.29, 0.717) is 11.7 Å². The minimum absolute atomic E-state index is 0.124. The lowest BCUT2D eigenvalue weighted by Crippen LogP contribution is -2.29. The first-order chi connectivity index (χ1) is 11.5. The molecule has 0 saturated carbocycles. The lowest BCUT2D eigenvalue weighted by atomic mass is 9.86. The molecule has 0 heterocycles. The van der Waals surface area contributed by atoms with E-state index in [2.05, 4.69) is 5.92 Å². The number of benzene rings is 2. The van der Waals surface area contributed by atoms with Crippen molar-refractivity contribution in [2.75, 3.05) is 6.61 Å². The van der Waals surface area contributed by atoms with Gasteiger partial charge in [-0.3, -0.25) is 10.0 Å². The number of terminal acetylenes is 1. The largest absolute Gasteiger partial charge is 0.354 e. The predicted molar refractivity (Wildman–Crippen MR) is 92.1 cm³/mol. The van der Waals surface area contributed by atoms with Crippen molar-refractivity contribution in [1.29, 1.82) is 0 Å². The van der Waals surface area contributed by atoms with E-state index in [4.69, 9.17) is 11.2 Å². The maximum Gasteiger partial charge on any atom is 0.243 e. The number of ether oxygens (including phenoxy) is 1. The maximum absolute atomic E-state index is 11.1. The van der Waals surface area contributed by atoms with Crippen LogP contribution in [-0.2, 0) is 21.7 Å². The summed E-state index contributed by atoms with van der Waals surface area (Å²) < 4.78 is 5.96. The SMILES string of the molecule is C#CC(OCC)(c1ccccc1)c1ccc(CN(O)C(C)=O)cc1. The second-order valence-corrected chi connectivity index (χ2v) is 5.40. The first-order valence-electron chi connectivity index (χ1n) is 7.77. The van der Waals surface area contributed by atoms with Gasteiger partial charge >= 0.3 is 0 Å². The Bertz CT molecular complexity index is 719. The quantitative estimate of drug-likeness (QED) is 0.504. The maximum atomic E-state index is 11.1. The number of hydrogen-bond acceptors (Lipinski definition) is 3. The summed E-state index contributed by atoms with van der Waals surface area (Å²) >= 11 is 0. The van der Waals surface area contributed by atoms with Crippen molar-refractivity contribution < 1.29 is 14.7 Å². The highest BCUT2D eigenvalue weighted by Crippen LogP contribution is 2.33. The Hall–Kier alpha value is -2.61. The fourth-order valence-corrected chi connectivity index (χ4v) is 2.56. The molecule has 0 spiro atoms. The molecule has 0 saturated heterocycles. The molecule has 0 aliphatic heterocycles. The van der Waals surface area contributed by atoms with Crippen LogP contribution in [0.2, 0.25) is 0 Å². The lowest BCUT2D eigenvalue weighted by Gasteiger charge is -2.29. The van der Waals surface area contributed by atoms with E-state index in [1.807, 2.05) is 61.5 Å². The van der Waals surface area contributed by atoms with Crippen LogP contribution in [0.5, 0.6) is 0 Å². The summed E-state index contributed by atoms with van der Waals surface area (Å²) in [6, 6.07) is 17.0. The topological polar surface area (TPSA) is 49.8 Å². The number of nitrogens with zero attached hydrogens (tertiary/aromatic N) is 1. The smallest absolute Gasteiger partial charge is 0.243 e. The molecule has 1 N–H and O–H groups in total. The second kappa shape index (κ2) is 7.78. The van der Waals surface area contributed by atoms with Crippen LogP contribution >= 0.6 is 0 Å². The van der Waals surface area contributed by atoms with E-state index in [9.17, 15) is 10.0 Å². The molecule has 1 amide bonds. The van der Waals surface area contributed by atoms with Gasteiger partial charge in [-0.05, 0) is 12.5 Å². The summed E-state index contributed by atoms with van der Waals surface area (Å²) in [5.41, 5.74) is 1.55. The molecular formula is C20H21NO3. The summed E-state index contributed by atoms with van der Waals surface area (Å²) in [5.74, 6) is 2.38. The average molecular weight is 323 g/mol. The first kappa shape index (κ1) is 17.7. The molecule has 124 valence electrons. The molecule has 2 rings (SSSR count). The van der Waals surface area contributed by atoms with E-state index in [-0.39, 0.29) is 6.54 Å². The Morgan fingerprint density at radius 2 is 1.75 bits per heavy atom. The molecular weight excluding hydrogens is 302 g/mol. The molecule has 1 unspecified atom stereocenters. The van der Waals surface area contributed by atoms with Crippen molar-refractivity contribution in [3.63, 3.8) is 0 Å². The number of carbonyl (C=O) groups is 1. The summed E-state index contributed by atoms with van der Waals surface area (Å²) in [6.45, 7) is 3.80. The monoisotopic (exact) mass is 323 g/mol. The Morgan fingerprint density at radius 3 is 2.25 bits per heavy atom. The van der Waals surface area contributed by atoms with Crippen molar-refractivity contribution >= 4 is 5.91 Å². The third kappa shape index (κ3) is 3.65. The Labute approximate surface area is 142 Å². The van der Waals surface area contributed by atoms with E-state index in [1.165, 1.54) is 6.92 Å². The van der Waals surface area contributed by atoms with Crippen molar-refractivity contribution in [1.82, 2.24) is 5.06 Å². The summed E-state index contributed by atoms with van der Waals surface area (Å²) in [4.78, 5) is 11.1. The summed E-state index contributed by atoms with van der Waals surface area (Å²) in [7, 11) is 0. The molecule has 1 atom stereocenters. The minimum Gasteiger partial charge on any atom is -0.354 e. The molecule has 4 nitrogen and oxygen atoms in total. The predicted octanol–water partition coefficient (Wildman–Crippen LogP) is 3.34. The molecule has 0 fully saturated rings. The van der Waals surface area contributed by atoms with E-state index >= 15 is 0 Å². The van der Waals surface area contributed by atoms with Crippen LogP contribution in [-0.4, -0.2) is 22.8 Å². The van der Waals surface area contributed by atoms with Crippen molar-refractivity contribution in [2.24, 2.45) is 0 Å². The molecule has 4 heteroatoms. The third-order valence-electron chi connectivity index (χ3n) is 3.80. The average Bonchev–Trinajstić information content (AvgIpc) is 2.61. The molecule has 0 aliphatic carbocycles. The van der Waals surface area contributed by atoms with Gasteiger partial charge in [0.25, 0.3) is 0 Å². The van der Waals surface area contributed by atoms with Crippen LogP contribution in [0.25, 0.3) is 0 Å². The molecule has 2 aromatic carbocycles. The third-order valence-corrected chi connectivity index (χ3v) is 3.80. The van der Waals surface area contributed by atoms with Gasteiger partial charge in [0.05, 0.1) is 6.54 Å². The highest BCUT2D eigenvalue weighted by molar-refractivity contribution is 5.71. The van der Waals surface area contributed by atoms with Gasteiger partial charge in [-0.2, -0.15) is 0 Å². The van der Waals surface area contributed by atoms with Gasteiger partial charge in [0.2, 0.25) is 5.91 Å². The van der Waals surface area contributed by atoms with E-state index in [0.717, 1.165) is 16.7 Å². The summed E-state index contributed by atoms with van der Waals surface area (Å²) in [6.07, 6.45) is 5.85. The standard InChI is InChI=1S/C20H21NO3/c1-4-20(24-5-2,18-9-7-6-8-10-18)19-13-11-17(12-14-19)15-21(23)16(3)22/h1,6-14,23H,5,15H2,2-3H3. The van der Waals surface area contributed by atoms with Gasteiger partial charge in [-0.1, -0.05) is 60.5 Å². The van der Waals surface area contributed by atoms with Crippen LogP contribution in [0.3, 0.4) is 0 Å². The zero-order chi connectivity index (χ0) is 17.6. The highest BCUT2D eigenvalue weighted by atomic mass is 16.5. The van der Waals surface area contributed by atoms with Gasteiger partial charge in [0.1, 0.15) is 0 Å². The zero-order valence-corrected chi connectivity index (χ0v) is 13.9. The fourth-order valence-electron chi connectivity index (χ4n) is 2.56. The van der Waals surface area contributed by atoms with Crippen LogP contribution in [0.15, 0.2) is 54.6 Å². The number of hydrogen-bond donors (Lipinski definition) is 1. The van der Waals surface area contributed by atoms with E-state index < -0.39 is 11.5 Å². The molecule has 2 aromatic rings. The van der Waals surface area contributed by atoms with Gasteiger partial charge in [-0.15, -0.1) is 6.42 Å². The van der Waals surface area contributed by atoms with Gasteiger partial charge in [-0.25, -0.2) is 5.06 Å². The first-order valence-corrected chi connectivity index (χ1v) is 7.77. The number of hydroxylamine groups is 2. The van der Waals surface area contributed by atoms with Gasteiger partial charge in [0, 0.05) is 24.7 Å².